The van der Waals surface area contributed by atoms with Crippen LogP contribution < -0.4 is 10.6 Å². The van der Waals surface area contributed by atoms with Crippen LogP contribution in [-0.2, 0) is 11.3 Å². The second kappa shape index (κ2) is 8.44. The predicted octanol–water partition coefficient (Wildman–Crippen LogP) is 1.32. The molecule has 1 saturated heterocycles. The standard InChI is InChI=1S/C22H24N4O2/c1-2-16-13-20-19(6-7-23-14-16)22(26-8-10-28-11-9-26)25-21(24-20)18-5-3-4-17(12-18)15-27/h2-5,12-14,19,22-23,27H,1,8-11,15H2,(H,24,25)/b16-14+,20-13+. The molecule has 3 aliphatic heterocycles. The quantitative estimate of drug-likeness (QED) is 0.692. The number of amidine groups is 1. The minimum atomic E-state index is -0.0842. The van der Waals surface area contributed by atoms with Crippen molar-refractivity contribution in [2.75, 3.05) is 26.3 Å². The van der Waals surface area contributed by atoms with Crippen LogP contribution in [0.25, 0.3) is 0 Å². The Kier molecular flexibility index (Phi) is 5.58. The van der Waals surface area contributed by atoms with E-state index < -0.39 is 0 Å². The van der Waals surface area contributed by atoms with Crippen molar-refractivity contribution < 1.29 is 9.84 Å². The third-order valence-corrected chi connectivity index (χ3v) is 5.07. The smallest absolute Gasteiger partial charge is 0.134 e. The van der Waals surface area contributed by atoms with Gasteiger partial charge in [0.2, 0.25) is 0 Å². The molecular formula is C22H24N4O2. The summed E-state index contributed by atoms with van der Waals surface area (Å²) in [6.07, 6.45) is 5.63. The van der Waals surface area contributed by atoms with Crippen molar-refractivity contribution in [1.29, 1.82) is 0 Å². The molecule has 2 atom stereocenters. The van der Waals surface area contributed by atoms with E-state index in [0.717, 1.165) is 41.3 Å². The molecule has 1 fully saturated rings. The lowest BCUT2D eigenvalue weighted by Crippen LogP contribution is -2.58. The van der Waals surface area contributed by atoms with Crippen molar-refractivity contribution in [1.82, 2.24) is 15.5 Å². The minimum absolute atomic E-state index is 0.000170. The highest BCUT2D eigenvalue weighted by Gasteiger charge is 2.35. The Morgan fingerprint density at radius 2 is 2.21 bits per heavy atom. The van der Waals surface area contributed by atoms with E-state index in [1.54, 1.807) is 6.08 Å². The predicted molar refractivity (Wildman–Crippen MR) is 109 cm³/mol. The summed E-state index contributed by atoms with van der Waals surface area (Å²) in [5.41, 5.74) is 3.64. The highest BCUT2D eigenvalue weighted by atomic mass is 16.5. The largest absolute Gasteiger partial charge is 0.392 e. The van der Waals surface area contributed by atoms with E-state index in [1.165, 1.54) is 0 Å². The number of ether oxygens (including phenoxy) is 1. The molecule has 3 aliphatic rings. The molecule has 0 aliphatic carbocycles. The van der Waals surface area contributed by atoms with Crippen molar-refractivity contribution in [3.05, 3.63) is 71.6 Å². The highest BCUT2D eigenvalue weighted by Crippen LogP contribution is 2.27. The number of allylic oxidation sites excluding steroid dienone is 3. The fourth-order valence-corrected chi connectivity index (χ4v) is 3.58. The topological polar surface area (TPSA) is 69.1 Å². The number of benzene rings is 1. The summed E-state index contributed by atoms with van der Waals surface area (Å²) in [5, 5.41) is 16.1. The maximum absolute atomic E-state index is 9.50. The van der Waals surface area contributed by atoms with Crippen LogP contribution in [0.5, 0.6) is 0 Å². The number of hydrogen-bond donors (Lipinski definition) is 3. The first-order valence-electron chi connectivity index (χ1n) is 9.46. The molecular weight excluding hydrogens is 352 g/mol. The first kappa shape index (κ1) is 18.5. The van der Waals surface area contributed by atoms with E-state index in [2.05, 4.69) is 34.1 Å². The second-order valence-electron chi connectivity index (χ2n) is 6.87. The van der Waals surface area contributed by atoms with Crippen LogP contribution in [0.4, 0.5) is 0 Å². The van der Waals surface area contributed by atoms with Crippen LogP contribution >= 0.6 is 0 Å². The van der Waals surface area contributed by atoms with Crippen LogP contribution in [0, 0.1) is 17.9 Å². The maximum atomic E-state index is 9.50. The van der Waals surface area contributed by atoms with Crippen LogP contribution in [0.15, 0.2) is 65.5 Å². The van der Waals surface area contributed by atoms with Gasteiger partial charge in [0.1, 0.15) is 12.0 Å². The average Bonchev–Trinajstić information content (AvgIpc) is 2.74. The van der Waals surface area contributed by atoms with Crippen molar-refractivity contribution in [3.8, 4) is 12.0 Å². The van der Waals surface area contributed by atoms with Gasteiger partial charge < -0.3 is 20.5 Å². The lowest BCUT2D eigenvalue weighted by molar-refractivity contribution is 0.00648. The van der Waals surface area contributed by atoms with Gasteiger partial charge in [-0.3, -0.25) is 4.90 Å². The maximum Gasteiger partial charge on any atom is 0.134 e. The van der Waals surface area contributed by atoms with E-state index in [9.17, 15) is 5.11 Å². The Morgan fingerprint density at radius 3 is 3.00 bits per heavy atom. The highest BCUT2D eigenvalue weighted by molar-refractivity contribution is 6.00. The van der Waals surface area contributed by atoms with Gasteiger partial charge in [-0.1, -0.05) is 36.8 Å². The summed E-state index contributed by atoms with van der Waals surface area (Å²) >= 11 is 0. The van der Waals surface area contributed by atoms with Gasteiger partial charge in [-0.25, -0.2) is 4.99 Å². The van der Waals surface area contributed by atoms with Gasteiger partial charge in [0, 0.05) is 30.9 Å². The van der Waals surface area contributed by atoms with Gasteiger partial charge in [0.05, 0.1) is 31.4 Å². The van der Waals surface area contributed by atoms with E-state index in [-0.39, 0.29) is 18.7 Å². The molecule has 6 heteroatoms. The molecule has 6 nitrogen and oxygen atoms in total. The van der Waals surface area contributed by atoms with E-state index >= 15 is 0 Å². The number of nitrogens with zero attached hydrogens (tertiary/aromatic N) is 2. The van der Waals surface area contributed by atoms with Crippen molar-refractivity contribution in [2.24, 2.45) is 10.9 Å². The molecule has 1 aromatic rings. The Labute approximate surface area is 165 Å². The first-order valence-corrected chi connectivity index (χ1v) is 9.46. The van der Waals surface area contributed by atoms with E-state index in [1.807, 2.05) is 36.5 Å². The zero-order chi connectivity index (χ0) is 19.3. The normalized spacial score (nSPS) is 28.2. The SMILES string of the molecule is C=CC1=C\NC#CC2/C(=C\1)N=C(c1cccc(CO)c1)NC2N1CCOCC1. The fraction of sp³-hybridized carbons (Fsp3) is 0.318. The van der Waals surface area contributed by atoms with Gasteiger partial charge in [0.15, 0.2) is 0 Å². The molecule has 0 saturated carbocycles. The summed E-state index contributed by atoms with van der Waals surface area (Å²) in [7, 11) is 0. The molecule has 4 rings (SSSR count). The third kappa shape index (κ3) is 3.87. The van der Waals surface area contributed by atoms with Gasteiger partial charge in [-0.05, 0) is 23.3 Å². The van der Waals surface area contributed by atoms with Crippen LogP contribution in [-0.4, -0.2) is 48.3 Å². The van der Waals surface area contributed by atoms with Gasteiger partial charge >= 0.3 is 0 Å². The van der Waals surface area contributed by atoms with Crippen molar-refractivity contribution >= 4 is 5.84 Å². The molecule has 28 heavy (non-hydrogen) atoms. The Morgan fingerprint density at radius 1 is 1.36 bits per heavy atom. The van der Waals surface area contributed by atoms with Crippen molar-refractivity contribution in [3.63, 3.8) is 0 Å². The summed E-state index contributed by atoms with van der Waals surface area (Å²) in [4.78, 5) is 7.26. The second-order valence-corrected chi connectivity index (χ2v) is 6.87. The monoisotopic (exact) mass is 376 g/mol. The molecule has 0 aromatic heterocycles. The number of nitrogens with one attached hydrogen (secondary N) is 2. The van der Waals surface area contributed by atoms with Crippen LogP contribution in [0.1, 0.15) is 11.1 Å². The van der Waals surface area contributed by atoms with Gasteiger partial charge in [0.25, 0.3) is 0 Å². The number of morpholine rings is 1. The molecule has 1 aromatic carbocycles. The Balaban J connectivity index is 1.77. The fourth-order valence-electron chi connectivity index (χ4n) is 3.58. The minimum Gasteiger partial charge on any atom is -0.392 e. The molecule has 144 valence electrons. The molecule has 0 amide bonds. The molecule has 3 heterocycles. The lowest BCUT2D eigenvalue weighted by atomic mass is 9.95. The summed E-state index contributed by atoms with van der Waals surface area (Å²) in [6, 6.07) is 10.8. The number of rotatable bonds is 4. The number of aliphatic imine (C=N–C) groups is 1. The lowest BCUT2D eigenvalue weighted by Gasteiger charge is -2.41. The molecule has 3 N–H and O–H groups in total. The van der Waals surface area contributed by atoms with E-state index in [0.29, 0.717) is 13.2 Å². The molecule has 0 radical (unpaired) electrons. The molecule has 2 unspecified atom stereocenters. The number of hydrogen-bond acceptors (Lipinski definition) is 6. The Hall–Kier alpha value is -2.85. The van der Waals surface area contributed by atoms with Gasteiger partial charge in [-0.15, -0.1) is 0 Å². The third-order valence-electron chi connectivity index (χ3n) is 5.07. The van der Waals surface area contributed by atoms with E-state index in [4.69, 9.17) is 9.73 Å². The van der Waals surface area contributed by atoms with Gasteiger partial charge in [-0.2, -0.15) is 0 Å². The number of fused-ring (bicyclic) bond motifs is 1. The summed E-state index contributed by atoms with van der Waals surface area (Å²) in [6.45, 7) is 6.98. The van der Waals surface area contributed by atoms with Crippen molar-refractivity contribution in [2.45, 2.75) is 12.8 Å². The molecule has 0 spiro atoms. The summed E-state index contributed by atoms with van der Waals surface area (Å²) in [5.74, 6) is 4.01. The Bertz CT molecular complexity index is 901. The number of aliphatic hydroxyl groups is 1. The average molecular weight is 376 g/mol. The van der Waals surface area contributed by atoms with Crippen LogP contribution in [0.3, 0.4) is 0 Å². The first-order chi connectivity index (χ1) is 13.8. The van der Waals surface area contributed by atoms with Crippen LogP contribution in [0.2, 0.25) is 0 Å². The molecule has 0 bridgehead atoms. The summed E-state index contributed by atoms with van der Waals surface area (Å²) < 4.78 is 5.53. The zero-order valence-electron chi connectivity index (χ0n) is 15.7. The number of aliphatic hydroxyl groups excluding tert-OH is 1. The zero-order valence-corrected chi connectivity index (χ0v) is 15.7.